The largest absolute Gasteiger partial charge is 0.444 e. The Morgan fingerprint density at radius 2 is 1.44 bits per heavy atom. The molecule has 5 nitrogen and oxygen atoms in total. The number of aliphatic hydroxyl groups is 1. The predicted molar refractivity (Wildman–Crippen MR) is 131 cm³/mol. The average molecular weight is 456 g/mol. The Balaban J connectivity index is 2.17. The summed E-state index contributed by atoms with van der Waals surface area (Å²) < 4.78 is 12.9. The molecule has 0 bridgehead atoms. The van der Waals surface area contributed by atoms with E-state index in [-0.39, 0.29) is 11.6 Å². The number of rotatable bonds is 4. The number of aliphatic hydroxyl groups excluding tert-OH is 1. The standard InChI is InChI=1S/C26H37NO4Si/c1-24(2,3)30-23(29)27-19-20(28)18-26(27,7)31-32(25(4,5)6,21-14-10-8-11-15-21)22-16-12-9-13-17-22/h8-17,20,28H,18-19H2,1-7H3/t20?,26-/m0/s1. The zero-order valence-electron chi connectivity index (χ0n) is 20.4. The minimum Gasteiger partial charge on any atom is -0.444 e. The van der Waals surface area contributed by atoms with E-state index in [1.165, 1.54) is 0 Å². The monoisotopic (exact) mass is 455 g/mol. The smallest absolute Gasteiger partial charge is 0.412 e. The minimum atomic E-state index is -2.92. The molecule has 0 saturated carbocycles. The summed E-state index contributed by atoms with van der Waals surface area (Å²) in [5, 5.41) is 12.6. The molecule has 1 unspecified atom stereocenters. The normalized spacial score (nSPS) is 22.1. The van der Waals surface area contributed by atoms with Crippen LogP contribution in [0.3, 0.4) is 0 Å². The third-order valence-electron chi connectivity index (χ3n) is 5.98. The fourth-order valence-electron chi connectivity index (χ4n) is 4.68. The zero-order chi connectivity index (χ0) is 23.8. The quantitative estimate of drug-likeness (QED) is 0.699. The summed E-state index contributed by atoms with van der Waals surface area (Å²) in [7, 11) is -2.92. The van der Waals surface area contributed by atoms with Crippen LogP contribution >= 0.6 is 0 Å². The first-order valence-electron chi connectivity index (χ1n) is 11.3. The summed E-state index contributed by atoms with van der Waals surface area (Å²) >= 11 is 0. The number of likely N-dealkylation sites (tertiary alicyclic amines) is 1. The van der Waals surface area contributed by atoms with Gasteiger partial charge in [0.05, 0.1) is 12.6 Å². The molecular formula is C26H37NO4Si. The van der Waals surface area contributed by atoms with Gasteiger partial charge < -0.3 is 14.3 Å². The van der Waals surface area contributed by atoms with Crippen LogP contribution in [0.15, 0.2) is 60.7 Å². The van der Waals surface area contributed by atoms with E-state index in [0.717, 1.165) is 10.4 Å². The topological polar surface area (TPSA) is 59.0 Å². The van der Waals surface area contributed by atoms with Crippen molar-refractivity contribution in [3.05, 3.63) is 60.7 Å². The lowest BCUT2D eigenvalue weighted by Gasteiger charge is -2.49. The zero-order valence-corrected chi connectivity index (χ0v) is 21.4. The number of ether oxygens (including phenoxy) is 1. The Morgan fingerprint density at radius 3 is 1.84 bits per heavy atom. The Kier molecular flexibility index (Phi) is 6.62. The van der Waals surface area contributed by atoms with Gasteiger partial charge in [-0.05, 0) is 43.1 Å². The maximum atomic E-state index is 13.2. The van der Waals surface area contributed by atoms with Crippen molar-refractivity contribution in [2.24, 2.45) is 0 Å². The molecule has 2 aromatic carbocycles. The molecule has 1 saturated heterocycles. The number of carbonyl (C=O) groups excluding carboxylic acids is 1. The summed E-state index contributed by atoms with van der Waals surface area (Å²) in [6.45, 7) is 14.2. The summed E-state index contributed by atoms with van der Waals surface area (Å²) in [4.78, 5) is 14.7. The molecule has 2 aromatic rings. The van der Waals surface area contributed by atoms with E-state index in [2.05, 4.69) is 45.0 Å². The van der Waals surface area contributed by atoms with Crippen LogP contribution < -0.4 is 10.4 Å². The third kappa shape index (κ3) is 4.77. The number of hydrogen-bond donors (Lipinski definition) is 1. The molecule has 1 N–H and O–H groups in total. The lowest BCUT2D eigenvalue weighted by Crippen LogP contribution is -2.71. The van der Waals surface area contributed by atoms with Gasteiger partial charge in [-0.1, -0.05) is 81.4 Å². The lowest BCUT2D eigenvalue weighted by atomic mass is 10.2. The molecule has 0 aromatic heterocycles. The highest BCUT2D eigenvalue weighted by atomic mass is 28.4. The Labute approximate surface area is 193 Å². The van der Waals surface area contributed by atoms with Crippen LogP contribution in [-0.2, 0) is 9.16 Å². The van der Waals surface area contributed by atoms with Crippen molar-refractivity contribution >= 4 is 24.8 Å². The van der Waals surface area contributed by atoms with E-state index < -0.39 is 31.8 Å². The van der Waals surface area contributed by atoms with E-state index in [1.807, 2.05) is 64.1 Å². The molecule has 32 heavy (non-hydrogen) atoms. The molecule has 3 rings (SSSR count). The van der Waals surface area contributed by atoms with E-state index in [1.54, 1.807) is 4.90 Å². The van der Waals surface area contributed by atoms with Crippen LogP contribution in [0.25, 0.3) is 0 Å². The molecule has 1 heterocycles. The fraction of sp³-hybridized carbons (Fsp3) is 0.500. The second kappa shape index (κ2) is 8.65. The Morgan fingerprint density at radius 1 is 0.969 bits per heavy atom. The first-order chi connectivity index (χ1) is 14.8. The second-order valence-electron chi connectivity index (χ2n) is 10.9. The van der Waals surface area contributed by atoms with Crippen LogP contribution in [0.2, 0.25) is 5.04 Å². The predicted octanol–water partition coefficient (Wildman–Crippen LogP) is 4.28. The van der Waals surface area contributed by atoms with Gasteiger partial charge in [0.2, 0.25) is 0 Å². The van der Waals surface area contributed by atoms with Gasteiger partial charge in [0.1, 0.15) is 11.3 Å². The molecule has 1 aliphatic heterocycles. The maximum Gasteiger partial charge on any atom is 0.412 e. The van der Waals surface area contributed by atoms with Crippen molar-refractivity contribution in [3.8, 4) is 0 Å². The molecule has 1 aliphatic rings. The lowest BCUT2D eigenvalue weighted by molar-refractivity contribution is -0.0605. The summed E-state index contributed by atoms with van der Waals surface area (Å²) in [6.07, 6.45) is -0.809. The fourth-order valence-corrected chi connectivity index (χ4v) is 9.46. The molecule has 1 amide bonds. The maximum absolute atomic E-state index is 13.2. The third-order valence-corrected chi connectivity index (χ3v) is 11.1. The van der Waals surface area contributed by atoms with Gasteiger partial charge in [-0.15, -0.1) is 0 Å². The Bertz CT molecular complexity index is 881. The summed E-state index contributed by atoms with van der Waals surface area (Å²) in [5.41, 5.74) is -1.64. The van der Waals surface area contributed by atoms with Gasteiger partial charge in [-0.25, -0.2) is 4.79 Å². The van der Waals surface area contributed by atoms with Crippen LogP contribution in [0.1, 0.15) is 54.9 Å². The van der Waals surface area contributed by atoms with Crippen LogP contribution in [0.4, 0.5) is 4.79 Å². The van der Waals surface area contributed by atoms with Crippen molar-refractivity contribution in [1.29, 1.82) is 0 Å². The van der Waals surface area contributed by atoms with Gasteiger partial charge in [-0.2, -0.15) is 0 Å². The number of hydrogen-bond acceptors (Lipinski definition) is 4. The number of carbonyl (C=O) groups is 1. The Hall–Kier alpha value is -2.15. The highest BCUT2D eigenvalue weighted by Crippen LogP contribution is 2.43. The van der Waals surface area contributed by atoms with Gasteiger partial charge in [0, 0.05) is 6.42 Å². The van der Waals surface area contributed by atoms with Crippen LogP contribution in [-0.4, -0.2) is 48.4 Å². The number of β-amino-alcohol motifs (C(OH)–C–C–N with tert-alkyl or cyclic N) is 1. The molecule has 0 spiro atoms. The highest BCUT2D eigenvalue weighted by Gasteiger charge is 2.58. The number of amides is 1. The van der Waals surface area contributed by atoms with Crippen molar-refractivity contribution < 1.29 is 19.1 Å². The van der Waals surface area contributed by atoms with Crippen molar-refractivity contribution in [1.82, 2.24) is 4.90 Å². The van der Waals surface area contributed by atoms with Gasteiger partial charge in [0.25, 0.3) is 8.32 Å². The highest BCUT2D eigenvalue weighted by molar-refractivity contribution is 6.99. The molecule has 0 aliphatic carbocycles. The van der Waals surface area contributed by atoms with Gasteiger partial charge >= 0.3 is 6.09 Å². The number of benzene rings is 2. The average Bonchev–Trinajstić information content (AvgIpc) is 2.99. The molecule has 174 valence electrons. The van der Waals surface area contributed by atoms with E-state index in [4.69, 9.17) is 9.16 Å². The first-order valence-corrected chi connectivity index (χ1v) is 13.2. The summed E-state index contributed by atoms with van der Waals surface area (Å²) in [6, 6.07) is 20.6. The summed E-state index contributed by atoms with van der Waals surface area (Å²) in [5.74, 6) is 0. The minimum absolute atomic E-state index is 0.184. The van der Waals surface area contributed by atoms with E-state index in [9.17, 15) is 9.90 Å². The van der Waals surface area contributed by atoms with E-state index in [0.29, 0.717) is 6.42 Å². The van der Waals surface area contributed by atoms with Crippen LogP contribution in [0, 0.1) is 0 Å². The molecule has 0 radical (unpaired) electrons. The van der Waals surface area contributed by atoms with Gasteiger partial charge in [-0.3, -0.25) is 4.90 Å². The molecule has 1 fully saturated rings. The first kappa shape index (κ1) is 24.5. The van der Waals surface area contributed by atoms with Crippen molar-refractivity contribution in [3.63, 3.8) is 0 Å². The number of nitrogens with zero attached hydrogens (tertiary/aromatic N) is 1. The van der Waals surface area contributed by atoms with Crippen LogP contribution in [0.5, 0.6) is 0 Å². The molecule has 2 atom stereocenters. The second-order valence-corrected chi connectivity index (χ2v) is 15.1. The van der Waals surface area contributed by atoms with Gasteiger partial charge in [0.15, 0.2) is 0 Å². The molecular weight excluding hydrogens is 418 g/mol. The van der Waals surface area contributed by atoms with E-state index >= 15 is 0 Å². The van der Waals surface area contributed by atoms with Crippen molar-refractivity contribution in [2.75, 3.05) is 6.54 Å². The van der Waals surface area contributed by atoms with Crippen molar-refractivity contribution in [2.45, 2.75) is 77.4 Å². The molecule has 6 heteroatoms. The SMILES string of the molecule is CC(C)(C)OC(=O)N1CC(O)C[C@]1(C)O[Si](c1ccccc1)(c1ccccc1)C(C)(C)C.